The van der Waals surface area contributed by atoms with Crippen LogP contribution in [0.15, 0.2) is 47.3 Å². The number of carbonyl (C=O) groups excluding carboxylic acids is 2. The Morgan fingerprint density at radius 3 is 2.42 bits per heavy atom. The Labute approximate surface area is 190 Å². The molecule has 1 aliphatic heterocycles. The number of anilines is 4. The lowest BCUT2D eigenvalue weighted by Gasteiger charge is -2.23. The molecular weight excluding hydrogens is 465 g/mol. The van der Waals surface area contributed by atoms with E-state index in [4.69, 9.17) is 34.8 Å². The quantitative estimate of drug-likeness (QED) is 0.439. The van der Waals surface area contributed by atoms with Crippen LogP contribution < -0.4 is 21.5 Å². The largest absolute Gasteiger partial charge is 0.326 e. The third-order valence-corrected chi connectivity index (χ3v) is 5.55. The Bertz CT molecular complexity index is 1240. The highest BCUT2D eigenvalue weighted by Gasteiger charge is 2.34. The highest BCUT2D eigenvalue weighted by Crippen LogP contribution is 2.31. The van der Waals surface area contributed by atoms with E-state index in [2.05, 4.69) is 25.9 Å². The molecule has 0 spiro atoms. The Hall–Kier alpha value is -3.07. The minimum atomic E-state index is -1.03. The lowest BCUT2D eigenvalue weighted by molar-refractivity contribution is -0.123. The van der Waals surface area contributed by atoms with Crippen LogP contribution in [0, 0.1) is 0 Å². The summed E-state index contributed by atoms with van der Waals surface area (Å²) in [4.78, 5) is 44.7. The molecule has 0 bridgehead atoms. The molecule has 0 fully saturated rings. The third kappa shape index (κ3) is 4.66. The zero-order chi connectivity index (χ0) is 22.1. The summed E-state index contributed by atoms with van der Waals surface area (Å²) >= 11 is 17.7. The number of carbonyl (C=O) groups is 2. The number of nitrogens with zero attached hydrogens (tertiary/aromatic N) is 1. The molecule has 4 N–H and O–H groups in total. The fourth-order valence-electron chi connectivity index (χ4n) is 3.13. The summed E-state index contributed by atoms with van der Waals surface area (Å²) in [5, 5.41) is 9.29. The zero-order valence-electron chi connectivity index (χ0n) is 15.6. The monoisotopic (exact) mass is 477 g/mol. The molecule has 1 aromatic heterocycles. The molecule has 1 aliphatic rings. The van der Waals surface area contributed by atoms with Gasteiger partial charge in [-0.25, -0.2) is 0 Å². The summed E-state index contributed by atoms with van der Waals surface area (Å²) in [7, 11) is 0. The Morgan fingerprint density at radius 2 is 1.71 bits per heavy atom. The molecule has 4 rings (SSSR count). The van der Waals surface area contributed by atoms with Crippen molar-refractivity contribution in [1.29, 1.82) is 0 Å². The minimum Gasteiger partial charge on any atom is -0.326 e. The van der Waals surface area contributed by atoms with E-state index < -0.39 is 23.3 Å². The second-order valence-electron chi connectivity index (χ2n) is 6.73. The van der Waals surface area contributed by atoms with E-state index in [9.17, 15) is 14.4 Å². The van der Waals surface area contributed by atoms with Crippen LogP contribution in [0.3, 0.4) is 0 Å². The first kappa shape index (κ1) is 21.2. The molecule has 158 valence electrons. The van der Waals surface area contributed by atoms with Gasteiger partial charge in [0.25, 0.3) is 5.56 Å². The molecule has 0 saturated carbocycles. The van der Waals surface area contributed by atoms with Crippen LogP contribution in [0.25, 0.3) is 0 Å². The highest BCUT2D eigenvalue weighted by molar-refractivity contribution is 6.42. The molecule has 11 heteroatoms. The molecule has 0 unspecified atom stereocenters. The van der Waals surface area contributed by atoms with E-state index >= 15 is 0 Å². The maximum Gasteiger partial charge on any atom is 0.258 e. The fourth-order valence-corrected chi connectivity index (χ4v) is 3.55. The smallest absolute Gasteiger partial charge is 0.258 e. The number of aromatic nitrogens is 2. The van der Waals surface area contributed by atoms with Crippen LogP contribution in [0.5, 0.6) is 0 Å². The maximum atomic E-state index is 12.9. The van der Waals surface area contributed by atoms with Crippen molar-refractivity contribution in [3.63, 3.8) is 0 Å². The summed E-state index contributed by atoms with van der Waals surface area (Å²) in [6, 6.07) is 11.3. The average Bonchev–Trinajstić information content (AvgIpc) is 2.71. The van der Waals surface area contributed by atoms with E-state index in [0.717, 1.165) is 0 Å². The standard InChI is InChI=1S/C20H14Cl3N5O3/c21-9-1-3-10(4-2-9)25-20-27-17-16(19(31)28-20)12(8-15(29)26-17)18(30)24-11-5-6-13(22)14(23)7-11/h1-7,12H,8H2,(H,24,30)(H3,25,26,27,28,29,31)/t12-/m1/s1. The van der Waals surface area contributed by atoms with Crippen LogP contribution in [0.2, 0.25) is 15.1 Å². The van der Waals surface area contributed by atoms with Crippen LogP contribution in [0.4, 0.5) is 23.1 Å². The van der Waals surface area contributed by atoms with Crippen molar-refractivity contribution in [2.24, 2.45) is 0 Å². The van der Waals surface area contributed by atoms with Gasteiger partial charge in [0.2, 0.25) is 17.8 Å². The number of rotatable bonds is 4. The van der Waals surface area contributed by atoms with Gasteiger partial charge in [0, 0.05) is 22.8 Å². The van der Waals surface area contributed by atoms with Crippen molar-refractivity contribution in [2.45, 2.75) is 12.3 Å². The number of hydrogen-bond acceptors (Lipinski definition) is 5. The molecule has 0 aliphatic carbocycles. The third-order valence-electron chi connectivity index (χ3n) is 4.56. The predicted octanol–water partition coefficient (Wildman–Crippen LogP) is 4.54. The lowest BCUT2D eigenvalue weighted by atomic mass is 9.92. The van der Waals surface area contributed by atoms with Crippen LogP contribution in [0.1, 0.15) is 17.9 Å². The minimum absolute atomic E-state index is 0.0192. The van der Waals surface area contributed by atoms with Gasteiger partial charge in [0.15, 0.2) is 0 Å². The first-order chi connectivity index (χ1) is 14.8. The van der Waals surface area contributed by atoms with Crippen molar-refractivity contribution in [3.05, 3.63) is 73.4 Å². The van der Waals surface area contributed by atoms with E-state index in [0.29, 0.717) is 21.4 Å². The van der Waals surface area contributed by atoms with Gasteiger partial charge in [-0.3, -0.25) is 19.4 Å². The number of benzene rings is 2. The van der Waals surface area contributed by atoms with Crippen LogP contribution in [-0.2, 0) is 9.59 Å². The first-order valence-electron chi connectivity index (χ1n) is 9.03. The van der Waals surface area contributed by atoms with Gasteiger partial charge < -0.3 is 16.0 Å². The van der Waals surface area contributed by atoms with Crippen LogP contribution in [-0.4, -0.2) is 21.8 Å². The van der Waals surface area contributed by atoms with E-state index in [1.165, 1.54) is 12.1 Å². The summed E-state index contributed by atoms with van der Waals surface area (Å²) in [6.45, 7) is 0. The zero-order valence-corrected chi connectivity index (χ0v) is 17.9. The Kier molecular flexibility index (Phi) is 5.86. The summed E-state index contributed by atoms with van der Waals surface area (Å²) < 4.78 is 0. The number of fused-ring (bicyclic) bond motifs is 1. The number of halogens is 3. The molecule has 1 atom stereocenters. The number of H-pyrrole nitrogens is 1. The molecule has 31 heavy (non-hydrogen) atoms. The van der Waals surface area contributed by atoms with Crippen molar-refractivity contribution < 1.29 is 9.59 Å². The molecule has 0 radical (unpaired) electrons. The summed E-state index contributed by atoms with van der Waals surface area (Å²) in [5.74, 6) is -1.88. The number of hydrogen-bond donors (Lipinski definition) is 4. The topological polar surface area (TPSA) is 116 Å². The molecular formula is C20H14Cl3N5O3. The van der Waals surface area contributed by atoms with Crippen molar-refractivity contribution >= 4 is 69.8 Å². The molecule has 2 aromatic carbocycles. The molecule has 2 amide bonds. The highest BCUT2D eigenvalue weighted by atomic mass is 35.5. The second-order valence-corrected chi connectivity index (χ2v) is 7.98. The van der Waals surface area contributed by atoms with Gasteiger partial charge in [0.05, 0.1) is 21.5 Å². The Morgan fingerprint density at radius 1 is 1.00 bits per heavy atom. The molecule has 8 nitrogen and oxygen atoms in total. The number of nitrogens with one attached hydrogen (secondary N) is 4. The number of aromatic amines is 1. The van der Waals surface area contributed by atoms with Crippen LogP contribution >= 0.6 is 34.8 Å². The SMILES string of the molecule is O=C1C[C@@H](C(=O)Nc2ccc(Cl)c(Cl)c2)c2c(nc(Nc3ccc(Cl)cc3)[nH]c2=O)N1. The molecule has 3 aromatic rings. The maximum absolute atomic E-state index is 12.9. The van der Waals surface area contributed by atoms with Gasteiger partial charge in [0.1, 0.15) is 5.82 Å². The van der Waals surface area contributed by atoms with E-state index in [1.807, 2.05) is 0 Å². The van der Waals surface area contributed by atoms with E-state index in [-0.39, 0.29) is 28.8 Å². The number of amides is 2. The predicted molar refractivity (Wildman–Crippen MR) is 121 cm³/mol. The second kappa shape index (κ2) is 8.58. The van der Waals surface area contributed by atoms with Crippen molar-refractivity contribution in [1.82, 2.24) is 9.97 Å². The van der Waals surface area contributed by atoms with Crippen molar-refractivity contribution in [2.75, 3.05) is 16.0 Å². The van der Waals surface area contributed by atoms with Gasteiger partial charge in [-0.1, -0.05) is 34.8 Å². The summed E-state index contributed by atoms with van der Waals surface area (Å²) in [5.41, 5.74) is 0.537. The normalized spacial score (nSPS) is 15.1. The first-order valence-corrected chi connectivity index (χ1v) is 10.2. The van der Waals surface area contributed by atoms with Gasteiger partial charge >= 0.3 is 0 Å². The average molecular weight is 479 g/mol. The molecule has 2 heterocycles. The van der Waals surface area contributed by atoms with Crippen molar-refractivity contribution in [3.8, 4) is 0 Å². The van der Waals surface area contributed by atoms with Gasteiger partial charge in [-0.2, -0.15) is 4.98 Å². The fraction of sp³-hybridized carbons (Fsp3) is 0.100. The van der Waals surface area contributed by atoms with E-state index in [1.54, 1.807) is 30.3 Å². The van der Waals surface area contributed by atoms with Gasteiger partial charge in [-0.15, -0.1) is 0 Å². The lowest BCUT2D eigenvalue weighted by Crippen LogP contribution is -2.36. The molecule has 0 saturated heterocycles. The summed E-state index contributed by atoms with van der Waals surface area (Å²) in [6.07, 6.45) is -0.200. The van der Waals surface area contributed by atoms with Gasteiger partial charge in [-0.05, 0) is 42.5 Å². The Balaban J connectivity index is 1.63.